The second-order valence-corrected chi connectivity index (χ2v) is 5.44. The molecule has 0 aliphatic carbocycles. The zero-order valence-corrected chi connectivity index (χ0v) is 14.1. The molecule has 0 fully saturated rings. The molecule has 0 saturated carbocycles. The first kappa shape index (κ1) is 17.3. The van der Waals surface area contributed by atoms with Crippen LogP contribution in [-0.4, -0.2) is 23.0 Å². The van der Waals surface area contributed by atoms with E-state index in [1.807, 2.05) is 6.07 Å². The summed E-state index contributed by atoms with van der Waals surface area (Å²) in [5, 5.41) is 6.21. The van der Waals surface area contributed by atoms with Crippen LogP contribution in [0.3, 0.4) is 0 Å². The zero-order chi connectivity index (χ0) is 18.4. The number of nitrogens with zero attached hydrogens (tertiary/aromatic N) is 2. The van der Waals surface area contributed by atoms with Gasteiger partial charge in [0.2, 0.25) is 5.95 Å². The van der Waals surface area contributed by atoms with Gasteiger partial charge in [0.15, 0.2) is 0 Å². The van der Waals surface area contributed by atoms with Crippen LogP contribution in [0.4, 0.5) is 21.8 Å². The fourth-order valence-corrected chi connectivity index (χ4v) is 2.29. The van der Waals surface area contributed by atoms with Crippen LogP contribution in [0.1, 0.15) is 15.9 Å². The van der Waals surface area contributed by atoms with Gasteiger partial charge in [0, 0.05) is 18.4 Å². The van der Waals surface area contributed by atoms with Crippen LogP contribution in [0.15, 0.2) is 60.8 Å². The quantitative estimate of drug-likeness (QED) is 0.658. The third-order valence-electron chi connectivity index (χ3n) is 3.58. The molecule has 1 aromatic heterocycles. The molecule has 0 spiro atoms. The highest BCUT2D eigenvalue weighted by Gasteiger charge is 2.06. The number of esters is 1. The Morgan fingerprint density at radius 2 is 1.96 bits per heavy atom. The third kappa shape index (κ3) is 4.54. The van der Waals surface area contributed by atoms with Crippen molar-refractivity contribution in [3.63, 3.8) is 0 Å². The lowest BCUT2D eigenvalue weighted by Gasteiger charge is -2.09. The van der Waals surface area contributed by atoms with E-state index in [1.54, 1.807) is 42.6 Å². The molecule has 0 unspecified atom stereocenters. The molecular weight excluding hydrogens is 335 g/mol. The number of benzene rings is 2. The number of hydrogen-bond donors (Lipinski definition) is 2. The smallest absolute Gasteiger partial charge is 0.337 e. The van der Waals surface area contributed by atoms with Gasteiger partial charge >= 0.3 is 5.97 Å². The Labute approximate surface area is 150 Å². The van der Waals surface area contributed by atoms with Crippen molar-refractivity contribution in [2.45, 2.75) is 6.54 Å². The van der Waals surface area contributed by atoms with Crippen molar-refractivity contribution in [2.24, 2.45) is 0 Å². The zero-order valence-electron chi connectivity index (χ0n) is 14.1. The highest BCUT2D eigenvalue weighted by atomic mass is 19.1. The normalized spacial score (nSPS) is 10.2. The van der Waals surface area contributed by atoms with E-state index in [9.17, 15) is 9.18 Å². The standard InChI is InChI=1S/C19H17FN4O2/c1-26-18(25)14-3-2-4-16(11-14)23-17-9-10-21-19(24-17)22-12-13-5-7-15(20)8-6-13/h2-11H,12H2,1H3,(H2,21,22,23,24). The van der Waals surface area contributed by atoms with Gasteiger partial charge < -0.3 is 15.4 Å². The first-order valence-corrected chi connectivity index (χ1v) is 7.91. The van der Waals surface area contributed by atoms with E-state index in [1.165, 1.54) is 19.2 Å². The van der Waals surface area contributed by atoms with Crippen LogP contribution in [-0.2, 0) is 11.3 Å². The van der Waals surface area contributed by atoms with Gasteiger partial charge in [-0.05, 0) is 42.0 Å². The van der Waals surface area contributed by atoms with E-state index in [-0.39, 0.29) is 5.82 Å². The van der Waals surface area contributed by atoms with Crippen LogP contribution in [0.25, 0.3) is 0 Å². The van der Waals surface area contributed by atoms with Crippen LogP contribution in [0.5, 0.6) is 0 Å². The molecule has 0 atom stereocenters. The number of anilines is 3. The predicted octanol–water partition coefficient (Wildman–Crippen LogP) is 3.76. The van der Waals surface area contributed by atoms with Crippen molar-refractivity contribution in [1.29, 1.82) is 0 Å². The van der Waals surface area contributed by atoms with Crippen LogP contribution < -0.4 is 10.6 Å². The predicted molar refractivity (Wildman–Crippen MR) is 96.8 cm³/mol. The van der Waals surface area contributed by atoms with Gasteiger partial charge in [-0.2, -0.15) is 4.98 Å². The summed E-state index contributed by atoms with van der Waals surface area (Å²) in [6.07, 6.45) is 1.62. The molecule has 26 heavy (non-hydrogen) atoms. The Morgan fingerprint density at radius 3 is 2.73 bits per heavy atom. The summed E-state index contributed by atoms with van der Waals surface area (Å²) in [4.78, 5) is 20.1. The minimum atomic E-state index is -0.405. The van der Waals surface area contributed by atoms with Gasteiger partial charge in [0.25, 0.3) is 0 Å². The highest BCUT2D eigenvalue weighted by Crippen LogP contribution is 2.17. The van der Waals surface area contributed by atoms with Gasteiger partial charge in [-0.3, -0.25) is 0 Å². The Kier molecular flexibility index (Phi) is 5.38. The lowest BCUT2D eigenvalue weighted by Crippen LogP contribution is -2.05. The SMILES string of the molecule is COC(=O)c1cccc(Nc2ccnc(NCc3ccc(F)cc3)n2)c1. The first-order valence-electron chi connectivity index (χ1n) is 7.91. The number of hydrogen-bond acceptors (Lipinski definition) is 6. The van der Waals surface area contributed by atoms with E-state index in [0.29, 0.717) is 29.6 Å². The van der Waals surface area contributed by atoms with Crippen molar-refractivity contribution < 1.29 is 13.9 Å². The number of halogens is 1. The summed E-state index contributed by atoms with van der Waals surface area (Å²) < 4.78 is 17.6. The summed E-state index contributed by atoms with van der Waals surface area (Å²) in [6.45, 7) is 0.474. The molecule has 6 nitrogen and oxygen atoms in total. The molecule has 1 heterocycles. The number of rotatable bonds is 6. The maximum atomic E-state index is 12.9. The second kappa shape index (κ2) is 8.06. The number of carbonyl (C=O) groups is 1. The van der Waals surface area contributed by atoms with Crippen molar-refractivity contribution in [1.82, 2.24) is 9.97 Å². The molecule has 2 N–H and O–H groups in total. The number of nitrogens with one attached hydrogen (secondary N) is 2. The minimum Gasteiger partial charge on any atom is -0.465 e. The lowest BCUT2D eigenvalue weighted by atomic mass is 10.2. The van der Waals surface area contributed by atoms with Crippen molar-refractivity contribution >= 4 is 23.4 Å². The average molecular weight is 352 g/mol. The fraction of sp³-hybridized carbons (Fsp3) is 0.105. The van der Waals surface area contributed by atoms with Crippen LogP contribution in [0.2, 0.25) is 0 Å². The van der Waals surface area contributed by atoms with E-state index >= 15 is 0 Å². The van der Waals surface area contributed by atoms with Gasteiger partial charge in [-0.15, -0.1) is 0 Å². The fourth-order valence-electron chi connectivity index (χ4n) is 2.29. The molecule has 7 heteroatoms. The van der Waals surface area contributed by atoms with E-state index in [4.69, 9.17) is 4.74 Å². The molecule has 0 amide bonds. The monoisotopic (exact) mass is 352 g/mol. The third-order valence-corrected chi connectivity index (χ3v) is 3.58. The average Bonchev–Trinajstić information content (AvgIpc) is 2.67. The summed E-state index contributed by atoms with van der Waals surface area (Å²) in [5.74, 6) is 0.329. The summed E-state index contributed by atoms with van der Waals surface area (Å²) in [5.41, 5.74) is 2.07. The number of methoxy groups -OCH3 is 1. The van der Waals surface area contributed by atoms with Gasteiger partial charge in [0.1, 0.15) is 11.6 Å². The molecule has 3 aromatic rings. The molecule has 3 rings (SSSR count). The van der Waals surface area contributed by atoms with Gasteiger partial charge in [-0.1, -0.05) is 18.2 Å². The van der Waals surface area contributed by atoms with Crippen molar-refractivity contribution in [3.05, 3.63) is 77.7 Å². The molecule has 0 aliphatic heterocycles. The molecule has 0 aliphatic rings. The maximum absolute atomic E-state index is 12.9. The highest BCUT2D eigenvalue weighted by molar-refractivity contribution is 5.90. The molecular formula is C19H17FN4O2. The van der Waals surface area contributed by atoms with Crippen LogP contribution in [0, 0.1) is 5.82 Å². The number of carbonyl (C=O) groups excluding carboxylic acids is 1. The largest absolute Gasteiger partial charge is 0.465 e. The van der Waals surface area contributed by atoms with E-state index in [2.05, 4.69) is 20.6 Å². The Morgan fingerprint density at radius 1 is 1.15 bits per heavy atom. The van der Waals surface area contributed by atoms with Crippen molar-refractivity contribution in [2.75, 3.05) is 17.7 Å². The topological polar surface area (TPSA) is 76.1 Å². The van der Waals surface area contributed by atoms with Gasteiger partial charge in [0.05, 0.1) is 12.7 Å². The van der Waals surface area contributed by atoms with Gasteiger partial charge in [-0.25, -0.2) is 14.2 Å². The Hall–Kier alpha value is -3.48. The second-order valence-electron chi connectivity index (χ2n) is 5.44. The number of ether oxygens (including phenoxy) is 1. The van der Waals surface area contributed by atoms with E-state index < -0.39 is 5.97 Å². The minimum absolute atomic E-state index is 0.273. The molecule has 132 valence electrons. The summed E-state index contributed by atoms with van der Waals surface area (Å²) >= 11 is 0. The number of aromatic nitrogens is 2. The first-order chi connectivity index (χ1) is 12.6. The molecule has 0 radical (unpaired) electrons. The Bertz CT molecular complexity index is 900. The summed E-state index contributed by atoms with van der Waals surface area (Å²) in [6, 6.07) is 14.9. The Balaban J connectivity index is 1.67. The van der Waals surface area contributed by atoms with Crippen molar-refractivity contribution in [3.8, 4) is 0 Å². The lowest BCUT2D eigenvalue weighted by molar-refractivity contribution is 0.0601. The van der Waals surface area contributed by atoms with E-state index in [0.717, 1.165) is 5.56 Å². The summed E-state index contributed by atoms with van der Waals surface area (Å²) in [7, 11) is 1.34. The maximum Gasteiger partial charge on any atom is 0.337 e. The molecule has 0 bridgehead atoms. The van der Waals surface area contributed by atoms with Crippen LogP contribution >= 0.6 is 0 Å². The molecule has 0 saturated heterocycles. The molecule has 2 aromatic carbocycles.